The van der Waals surface area contributed by atoms with Crippen LogP contribution < -0.4 is 0 Å². The first-order valence-electron chi connectivity index (χ1n) is 6.17. The van der Waals surface area contributed by atoms with Gasteiger partial charge in [-0.2, -0.15) is 0 Å². The molecule has 0 spiro atoms. The number of carboxylic acids is 1. The van der Waals surface area contributed by atoms with Crippen LogP contribution in [0.15, 0.2) is 18.2 Å². The molecule has 1 fully saturated rings. The van der Waals surface area contributed by atoms with Gasteiger partial charge in [0.15, 0.2) is 0 Å². The molecule has 0 aliphatic carbocycles. The van der Waals surface area contributed by atoms with E-state index in [9.17, 15) is 14.3 Å². The van der Waals surface area contributed by atoms with Crippen LogP contribution >= 0.6 is 0 Å². The normalized spacial score (nSPS) is 24.4. The molecule has 0 amide bonds. The summed E-state index contributed by atoms with van der Waals surface area (Å²) in [5, 5.41) is 9.32. The molecule has 1 atom stereocenters. The highest BCUT2D eigenvalue weighted by Gasteiger charge is 2.43. The van der Waals surface area contributed by atoms with E-state index in [0.29, 0.717) is 18.5 Å². The Morgan fingerprint density at radius 2 is 2.28 bits per heavy atom. The number of hydrogen-bond donors (Lipinski definition) is 1. The highest BCUT2D eigenvalue weighted by atomic mass is 19.1. The average molecular weight is 251 g/mol. The summed E-state index contributed by atoms with van der Waals surface area (Å²) in [4.78, 5) is 13.3. The molecular formula is C14H18FNO2. The molecule has 18 heavy (non-hydrogen) atoms. The number of carboxylic acid groups (broad SMARTS) is 1. The van der Waals surface area contributed by atoms with Crippen LogP contribution in [-0.4, -0.2) is 28.1 Å². The second kappa shape index (κ2) is 4.69. The third kappa shape index (κ3) is 2.25. The van der Waals surface area contributed by atoms with E-state index in [1.54, 1.807) is 26.0 Å². The predicted molar refractivity (Wildman–Crippen MR) is 66.8 cm³/mol. The lowest BCUT2D eigenvalue weighted by atomic mass is 9.98. The van der Waals surface area contributed by atoms with Gasteiger partial charge in [-0.25, -0.2) is 4.39 Å². The highest BCUT2D eigenvalue weighted by Crippen LogP contribution is 2.30. The van der Waals surface area contributed by atoms with Crippen molar-refractivity contribution in [1.82, 2.24) is 4.90 Å². The fourth-order valence-electron chi connectivity index (χ4n) is 2.54. The summed E-state index contributed by atoms with van der Waals surface area (Å²) in [5.74, 6) is -1.000. The van der Waals surface area contributed by atoms with Crippen molar-refractivity contribution >= 4 is 5.97 Å². The van der Waals surface area contributed by atoms with Crippen LogP contribution in [0, 0.1) is 12.7 Å². The highest BCUT2D eigenvalue weighted by molar-refractivity contribution is 5.78. The van der Waals surface area contributed by atoms with Gasteiger partial charge in [-0.15, -0.1) is 0 Å². The number of nitrogens with zero attached hydrogens (tertiary/aromatic N) is 1. The molecule has 1 N–H and O–H groups in total. The lowest BCUT2D eigenvalue weighted by molar-refractivity contribution is -0.148. The summed E-state index contributed by atoms with van der Waals surface area (Å²) >= 11 is 0. The summed E-state index contributed by atoms with van der Waals surface area (Å²) in [6.45, 7) is 4.82. The van der Waals surface area contributed by atoms with Crippen LogP contribution in [0.1, 0.15) is 30.9 Å². The minimum Gasteiger partial charge on any atom is -0.480 e. The third-order valence-electron chi connectivity index (χ3n) is 3.85. The van der Waals surface area contributed by atoms with E-state index >= 15 is 0 Å². The molecule has 1 saturated heterocycles. The number of aliphatic carboxylic acids is 1. The Hall–Kier alpha value is -1.42. The summed E-state index contributed by atoms with van der Waals surface area (Å²) < 4.78 is 13.2. The molecule has 1 unspecified atom stereocenters. The van der Waals surface area contributed by atoms with Gasteiger partial charge in [0.05, 0.1) is 0 Å². The third-order valence-corrected chi connectivity index (χ3v) is 3.85. The molecule has 1 heterocycles. The van der Waals surface area contributed by atoms with E-state index in [-0.39, 0.29) is 5.82 Å². The molecule has 1 aromatic rings. The quantitative estimate of drug-likeness (QED) is 0.897. The van der Waals surface area contributed by atoms with Crippen LogP contribution in [-0.2, 0) is 11.3 Å². The number of rotatable bonds is 3. The molecule has 4 heteroatoms. The van der Waals surface area contributed by atoms with Gasteiger partial charge in [-0.3, -0.25) is 9.69 Å². The number of aryl methyl sites for hydroxylation is 1. The standard InChI is InChI=1S/C14H18FNO2/c1-10-8-11(4-5-12(10)15)9-16-7-3-6-14(16,2)13(17)18/h4-5,8H,3,6-7,9H2,1-2H3,(H,17,18). The topological polar surface area (TPSA) is 40.5 Å². The van der Waals surface area contributed by atoms with Gasteiger partial charge in [0, 0.05) is 6.54 Å². The van der Waals surface area contributed by atoms with Crippen molar-refractivity contribution in [3.63, 3.8) is 0 Å². The maximum atomic E-state index is 13.2. The smallest absolute Gasteiger partial charge is 0.323 e. The van der Waals surface area contributed by atoms with Gasteiger partial charge < -0.3 is 5.11 Å². The van der Waals surface area contributed by atoms with Crippen molar-refractivity contribution in [2.75, 3.05) is 6.54 Å². The van der Waals surface area contributed by atoms with E-state index in [0.717, 1.165) is 18.5 Å². The van der Waals surface area contributed by atoms with Gasteiger partial charge in [0.2, 0.25) is 0 Å². The maximum absolute atomic E-state index is 13.2. The van der Waals surface area contributed by atoms with Crippen molar-refractivity contribution in [1.29, 1.82) is 0 Å². The van der Waals surface area contributed by atoms with E-state index in [1.165, 1.54) is 6.07 Å². The van der Waals surface area contributed by atoms with Crippen LogP contribution in [0.2, 0.25) is 0 Å². The van der Waals surface area contributed by atoms with Gasteiger partial charge in [0.25, 0.3) is 0 Å². The Balaban J connectivity index is 2.18. The van der Waals surface area contributed by atoms with Gasteiger partial charge in [-0.05, 0) is 50.4 Å². The van der Waals surface area contributed by atoms with E-state index in [4.69, 9.17) is 0 Å². The zero-order chi connectivity index (χ0) is 13.3. The SMILES string of the molecule is Cc1cc(CN2CCCC2(C)C(=O)O)ccc1F. The molecule has 1 aliphatic rings. The monoisotopic (exact) mass is 251 g/mol. The number of benzene rings is 1. The first-order chi connectivity index (χ1) is 8.43. The van der Waals surface area contributed by atoms with Crippen molar-refractivity contribution < 1.29 is 14.3 Å². The number of carbonyl (C=O) groups is 1. The molecule has 0 saturated carbocycles. The summed E-state index contributed by atoms with van der Waals surface area (Å²) in [6, 6.07) is 4.96. The van der Waals surface area contributed by atoms with Crippen molar-refractivity contribution in [2.45, 2.75) is 38.8 Å². The van der Waals surface area contributed by atoms with Crippen LogP contribution in [0.3, 0.4) is 0 Å². The van der Waals surface area contributed by atoms with Crippen LogP contribution in [0.4, 0.5) is 4.39 Å². The minimum absolute atomic E-state index is 0.221. The van der Waals surface area contributed by atoms with Crippen molar-refractivity contribution in [3.8, 4) is 0 Å². The first-order valence-corrected chi connectivity index (χ1v) is 6.17. The van der Waals surface area contributed by atoms with E-state index in [2.05, 4.69) is 0 Å². The minimum atomic E-state index is -0.789. The Morgan fingerprint density at radius 1 is 1.56 bits per heavy atom. The molecule has 0 aromatic heterocycles. The lowest BCUT2D eigenvalue weighted by Gasteiger charge is -2.31. The fraction of sp³-hybridized carbons (Fsp3) is 0.500. The number of likely N-dealkylation sites (tertiary alicyclic amines) is 1. The molecule has 0 bridgehead atoms. The second-order valence-corrected chi connectivity index (χ2v) is 5.19. The molecule has 3 nitrogen and oxygen atoms in total. The van der Waals surface area contributed by atoms with E-state index in [1.807, 2.05) is 4.90 Å². The molecule has 1 aliphatic heterocycles. The molecule has 2 rings (SSSR count). The Morgan fingerprint density at radius 3 is 2.89 bits per heavy atom. The largest absolute Gasteiger partial charge is 0.480 e. The zero-order valence-corrected chi connectivity index (χ0v) is 10.7. The Labute approximate surface area is 106 Å². The van der Waals surface area contributed by atoms with Crippen molar-refractivity contribution in [2.24, 2.45) is 0 Å². The van der Waals surface area contributed by atoms with Gasteiger partial charge in [-0.1, -0.05) is 12.1 Å². The van der Waals surface area contributed by atoms with Gasteiger partial charge >= 0.3 is 5.97 Å². The fourth-order valence-corrected chi connectivity index (χ4v) is 2.54. The second-order valence-electron chi connectivity index (χ2n) is 5.19. The summed E-state index contributed by atoms with van der Waals surface area (Å²) in [5.41, 5.74) is 0.773. The number of halogens is 1. The maximum Gasteiger partial charge on any atom is 0.323 e. The van der Waals surface area contributed by atoms with Crippen LogP contribution in [0.25, 0.3) is 0 Å². The molecular weight excluding hydrogens is 233 g/mol. The Bertz CT molecular complexity index is 475. The zero-order valence-electron chi connectivity index (χ0n) is 10.7. The molecule has 1 aromatic carbocycles. The first kappa shape index (κ1) is 13.0. The molecule has 0 radical (unpaired) electrons. The summed E-state index contributed by atoms with van der Waals surface area (Å²) in [6.07, 6.45) is 1.56. The number of hydrogen-bond acceptors (Lipinski definition) is 2. The van der Waals surface area contributed by atoms with Crippen LogP contribution in [0.5, 0.6) is 0 Å². The molecule has 98 valence electrons. The van der Waals surface area contributed by atoms with Gasteiger partial charge in [0.1, 0.15) is 11.4 Å². The summed E-state index contributed by atoms with van der Waals surface area (Å²) in [7, 11) is 0. The Kier molecular flexibility index (Phi) is 3.39. The van der Waals surface area contributed by atoms with E-state index < -0.39 is 11.5 Å². The lowest BCUT2D eigenvalue weighted by Crippen LogP contribution is -2.47. The predicted octanol–water partition coefficient (Wildman–Crippen LogP) is 2.57. The average Bonchev–Trinajstić information content (AvgIpc) is 2.67. The van der Waals surface area contributed by atoms with Crippen molar-refractivity contribution in [3.05, 3.63) is 35.1 Å².